The minimum absolute atomic E-state index is 0.146. The number of aromatic carboxylic acids is 1. The Labute approximate surface area is 187 Å². The molecule has 2 heterocycles. The number of carboxylic acids is 1. The second-order valence-corrected chi connectivity index (χ2v) is 8.83. The smallest absolute Gasteiger partial charge is 0.410 e. The van der Waals surface area contributed by atoms with E-state index in [0.717, 1.165) is 19.6 Å². The fraction of sp³-hybridized carbons (Fsp3) is 0.478. The zero-order valence-corrected chi connectivity index (χ0v) is 18.8. The summed E-state index contributed by atoms with van der Waals surface area (Å²) in [4.78, 5) is 44.2. The summed E-state index contributed by atoms with van der Waals surface area (Å²) in [5, 5.41) is 12.7. The van der Waals surface area contributed by atoms with E-state index in [1.165, 1.54) is 12.3 Å². The lowest BCUT2D eigenvalue weighted by atomic mass is 10.1. The second kappa shape index (κ2) is 9.95. The summed E-state index contributed by atoms with van der Waals surface area (Å²) in [5.41, 5.74) is 0.605. The van der Waals surface area contributed by atoms with E-state index in [9.17, 15) is 19.5 Å². The highest BCUT2D eigenvalue weighted by molar-refractivity contribution is 6.07. The van der Waals surface area contributed by atoms with Crippen molar-refractivity contribution in [3.05, 3.63) is 36.0 Å². The minimum atomic E-state index is -1.03. The lowest BCUT2D eigenvalue weighted by Crippen LogP contribution is -2.50. The first-order valence-corrected chi connectivity index (χ1v) is 10.8. The summed E-state index contributed by atoms with van der Waals surface area (Å²) >= 11 is 0. The van der Waals surface area contributed by atoms with Gasteiger partial charge in [0.05, 0.1) is 16.8 Å². The Balaban J connectivity index is 1.46. The molecule has 1 saturated heterocycles. The van der Waals surface area contributed by atoms with Gasteiger partial charge in [-0.1, -0.05) is 12.1 Å². The lowest BCUT2D eigenvalue weighted by molar-refractivity contribution is -0.116. The standard InChI is InChI=1S/C23H30N4O5/c1-23(2,3)32-22(31)27-14-12-26(13-15-27)11-5-8-19(28)25-18-7-4-6-16-17(21(29)30)9-10-24-20(16)18/h4,6-7,9-10H,5,8,11-15H2,1-3H3,(H,25,28)(H,29,30). The van der Waals surface area contributed by atoms with Gasteiger partial charge < -0.3 is 20.1 Å². The molecule has 1 fully saturated rings. The average molecular weight is 443 g/mol. The Morgan fingerprint density at radius 1 is 1.12 bits per heavy atom. The van der Waals surface area contributed by atoms with Crippen LogP contribution < -0.4 is 5.32 Å². The highest BCUT2D eigenvalue weighted by Gasteiger charge is 2.25. The number of amides is 2. The molecule has 2 amide bonds. The van der Waals surface area contributed by atoms with Gasteiger partial charge in [-0.15, -0.1) is 0 Å². The van der Waals surface area contributed by atoms with Crippen molar-refractivity contribution >= 4 is 34.6 Å². The number of nitrogens with zero attached hydrogens (tertiary/aromatic N) is 3. The summed E-state index contributed by atoms with van der Waals surface area (Å²) < 4.78 is 5.41. The predicted octanol–water partition coefficient (Wildman–Crippen LogP) is 3.20. The largest absolute Gasteiger partial charge is 0.478 e. The molecule has 0 unspecified atom stereocenters. The van der Waals surface area contributed by atoms with E-state index >= 15 is 0 Å². The van der Waals surface area contributed by atoms with Crippen LogP contribution in [0.15, 0.2) is 30.5 Å². The van der Waals surface area contributed by atoms with E-state index in [2.05, 4.69) is 15.2 Å². The Morgan fingerprint density at radius 3 is 2.50 bits per heavy atom. The maximum atomic E-state index is 12.4. The van der Waals surface area contributed by atoms with E-state index in [4.69, 9.17) is 4.74 Å². The number of fused-ring (bicyclic) bond motifs is 1. The van der Waals surface area contributed by atoms with Gasteiger partial charge in [-0.25, -0.2) is 9.59 Å². The number of carbonyl (C=O) groups excluding carboxylic acids is 2. The van der Waals surface area contributed by atoms with Gasteiger partial charge in [0.2, 0.25) is 5.91 Å². The van der Waals surface area contributed by atoms with Crippen molar-refractivity contribution in [2.45, 2.75) is 39.2 Å². The SMILES string of the molecule is CC(C)(C)OC(=O)N1CCN(CCCC(=O)Nc2cccc3c(C(=O)O)ccnc23)CC1. The predicted molar refractivity (Wildman–Crippen MR) is 121 cm³/mol. The maximum Gasteiger partial charge on any atom is 0.410 e. The third kappa shape index (κ3) is 6.16. The topological polar surface area (TPSA) is 112 Å². The van der Waals surface area contributed by atoms with Gasteiger partial charge in [-0.2, -0.15) is 0 Å². The van der Waals surface area contributed by atoms with Crippen LogP contribution in [0, 0.1) is 0 Å². The van der Waals surface area contributed by atoms with Crippen LogP contribution in [0.3, 0.4) is 0 Å². The minimum Gasteiger partial charge on any atom is -0.478 e. The maximum absolute atomic E-state index is 12.4. The Kier molecular flexibility index (Phi) is 7.29. The molecular formula is C23H30N4O5. The number of para-hydroxylation sites is 1. The molecule has 3 rings (SSSR count). The number of aromatic nitrogens is 1. The number of carbonyl (C=O) groups is 3. The molecule has 2 N–H and O–H groups in total. The number of hydrogen-bond donors (Lipinski definition) is 2. The van der Waals surface area contributed by atoms with Gasteiger partial charge in [0.1, 0.15) is 5.60 Å². The highest BCUT2D eigenvalue weighted by Crippen LogP contribution is 2.24. The summed E-state index contributed by atoms with van der Waals surface area (Å²) in [5.74, 6) is -1.18. The highest BCUT2D eigenvalue weighted by atomic mass is 16.6. The van der Waals surface area contributed by atoms with Crippen LogP contribution in [0.2, 0.25) is 0 Å². The Bertz CT molecular complexity index is 994. The first kappa shape index (κ1) is 23.5. The quantitative estimate of drug-likeness (QED) is 0.706. The molecule has 1 aliphatic heterocycles. The van der Waals surface area contributed by atoms with Gasteiger partial charge in [0.15, 0.2) is 0 Å². The molecule has 9 nitrogen and oxygen atoms in total. The van der Waals surface area contributed by atoms with Crippen molar-refractivity contribution < 1.29 is 24.2 Å². The average Bonchev–Trinajstić information content (AvgIpc) is 2.72. The van der Waals surface area contributed by atoms with Gasteiger partial charge in [0.25, 0.3) is 0 Å². The molecule has 0 radical (unpaired) electrons. The molecule has 0 atom stereocenters. The fourth-order valence-electron chi connectivity index (χ4n) is 3.62. The first-order valence-electron chi connectivity index (χ1n) is 10.8. The van der Waals surface area contributed by atoms with Gasteiger partial charge in [0, 0.05) is 44.2 Å². The third-order valence-electron chi connectivity index (χ3n) is 5.18. The van der Waals surface area contributed by atoms with E-state index in [1.807, 2.05) is 20.8 Å². The zero-order chi connectivity index (χ0) is 23.3. The Hall–Kier alpha value is -3.20. The summed E-state index contributed by atoms with van der Waals surface area (Å²) in [7, 11) is 0. The van der Waals surface area contributed by atoms with Crippen molar-refractivity contribution in [2.24, 2.45) is 0 Å². The number of nitrogens with one attached hydrogen (secondary N) is 1. The molecule has 1 aliphatic rings. The Morgan fingerprint density at radius 2 is 1.84 bits per heavy atom. The number of pyridine rings is 1. The number of ether oxygens (including phenoxy) is 1. The number of carboxylic acid groups (broad SMARTS) is 1. The van der Waals surface area contributed by atoms with Crippen LogP contribution in [-0.2, 0) is 9.53 Å². The van der Waals surface area contributed by atoms with E-state index in [1.54, 1.807) is 23.1 Å². The van der Waals surface area contributed by atoms with E-state index in [0.29, 0.717) is 42.5 Å². The van der Waals surface area contributed by atoms with Gasteiger partial charge in [-0.3, -0.25) is 14.7 Å². The molecule has 0 aliphatic carbocycles. The third-order valence-corrected chi connectivity index (χ3v) is 5.18. The van der Waals surface area contributed by atoms with Gasteiger partial charge in [-0.05, 0) is 45.9 Å². The molecule has 1 aromatic carbocycles. The number of benzene rings is 1. The summed E-state index contributed by atoms with van der Waals surface area (Å²) in [6, 6.07) is 6.54. The molecule has 1 aromatic heterocycles. The van der Waals surface area contributed by atoms with Crippen LogP contribution in [0.4, 0.5) is 10.5 Å². The van der Waals surface area contributed by atoms with Gasteiger partial charge >= 0.3 is 12.1 Å². The molecule has 32 heavy (non-hydrogen) atoms. The van der Waals surface area contributed by atoms with Crippen molar-refractivity contribution in [2.75, 3.05) is 38.0 Å². The van der Waals surface area contributed by atoms with Crippen molar-refractivity contribution in [1.82, 2.24) is 14.8 Å². The number of hydrogen-bond acceptors (Lipinski definition) is 6. The molecule has 172 valence electrons. The molecule has 0 saturated carbocycles. The lowest BCUT2D eigenvalue weighted by Gasteiger charge is -2.35. The molecule has 0 bridgehead atoms. The number of anilines is 1. The molecular weight excluding hydrogens is 412 g/mol. The van der Waals surface area contributed by atoms with Crippen LogP contribution >= 0.6 is 0 Å². The zero-order valence-electron chi connectivity index (χ0n) is 18.8. The van der Waals surface area contributed by atoms with Crippen molar-refractivity contribution in [1.29, 1.82) is 0 Å². The van der Waals surface area contributed by atoms with Crippen LogP contribution in [-0.4, -0.2) is 76.2 Å². The fourth-order valence-corrected chi connectivity index (χ4v) is 3.62. The van der Waals surface area contributed by atoms with Crippen molar-refractivity contribution in [3.8, 4) is 0 Å². The van der Waals surface area contributed by atoms with Crippen LogP contribution in [0.25, 0.3) is 10.9 Å². The number of rotatable bonds is 6. The normalized spacial score (nSPS) is 14.9. The summed E-state index contributed by atoms with van der Waals surface area (Å²) in [6.45, 7) is 9.01. The first-order chi connectivity index (χ1) is 15.1. The van der Waals surface area contributed by atoms with E-state index < -0.39 is 11.6 Å². The monoisotopic (exact) mass is 442 g/mol. The van der Waals surface area contributed by atoms with Crippen molar-refractivity contribution in [3.63, 3.8) is 0 Å². The number of piperazine rings is 1. The van der Waals surface area contributed by atoms with Crippen LogP contribution in [0.5, 0.6) is 0 Å². The van der Waals surface area contributed by atoms with Crippen LogP contribution in [0.1, 0.15) is 44.0 Å². The summed E-state index contributed by atoms with van der Waals surface area (Å²) in [6.07, 6.45) is 2.16. The molecule has 0 spiro atoms. The second-order valence-electron chi connectivity index (χ2n) is 8.83. The molecule has 2 aromatic rings. The van der Waals surface area contributed by atoms with E-state index in [-0.39, 0.29) is 17.6 Å². The molecule has 9 heteroatoms.